The minimum absolute atomic E-state index is 0.309. The third-order valence-electron chi connectivity index (χ3n) is 2.86. The largest absolute Gasteiger partial charge is 0.381 e. The Balaban J connectivity index is 2.50. The highest BCUT2D eigenvalue weighted by Gasteiger charge is 2.34. The van der Waals surface area contributed by atoms with Gasteiger partial charge in [-0.25, -0.2) is 0 Å². The molecule has 3 heteroatoms. The zero-order chi connectivity index (χ0) is 10.4. The van der Waals surface area contributed by atoms with E-state index in [2.05, 4.69) is 17.3 Å². The van der Waals surface area contributed by atoms with E-state index in [1.807, 2.05) is 0 Å². The predicted octanol–water partition coefficient (Wildman–Crippen LogP) is 1.06. The van der Waals surface area contributed by atoms with Crippen molar-refractivity contribution >= 4 is 0 Å². The highest BCUT2D eigenvalue weighted by molar-refractivity contribution is 5.11. The molecule has 0 heterocycles. The number of hydrogen-bond donors (Lipinski definition) is 1. The minimum atomic E-state index is -0.415. The Kier molecular flexibility index (Phi) is 3.95. The summed E-state index contributed by atoms with van der Waals surface area (Å²) in [6.07, 6.45) is 8.99. The van der Waals surface area contributed by atoms with Gasteiger partial charge in [0.2, 0.25) is 0 Å². The predicted molar refractivity (Wildman–Crippen MR) is 54.4 cm³/mol. The van der Waals surface area contributed by atoms with E-state index in [0.29, 0.717) is 12.6 Å². The zero-order valence-electron chi connectivity index (χ0n) is 8.55. The fourth-order valence-electron chi connectivity index (χ4n) is 1.87. The van der Waals surface area contributed by atoms with Crippen molar-refractivity contribution in [3.05, 3.63) is 0 Å². The monoisotopic (exact) mass is 192 g/mol. The second-order valence-electron chi connectivity index (χ2n) is 3.69. The van der Waals surface area contributed by atoms with Crippen LogP contribution in [0.5, 0.6) is 0 Å². The lowest BCUT2D eigenvalue weighted by molar-refractivity contribution is 0.0532. The van der Waals surface area contributed by atoms with Gasteiger partial charge in [0.25, 0.3) is 0 Å². The Bertz CT molecular complexity index is 253. The summed E-state index contributed by atoms with van der Waals surface area (Å²) >= 11 is 0. The smallest absolute Gasteiger partial charge is 0.107 e. The quantitative estimate of drug-likeness (QED) is 0.680. The van der Waals surface area contributed by atoms with Crippen LogP contribution in [0.4, 0.5) is 0 Å². The molecule has 3 nitrogen and oxygen atoms in total. The first-order valence-corrected chi connectivity index (χ1v) is 4.89. The molecule has 0 aromatic rings. The summed E-state index contributed by atoms with van der Waals surface area (Å²) in [6.45, 7) is 0.464. The first-order chi connectivity index (χ1) is 6.76. The molecule has 1 rings (SSSR count). The van der Waals surface area contributed by atoms with Crippen LogP contribution in [0.1, 0.15) is 25.7 Å². The van der Waals surface area contributed by atoms with E-state index >= 15 is 0 Å². The summed E-state index contributed by atoms with van der Waals surface area (Å²) in [5, 5.41) is 12.2. The molecule has 0 unspecified atom stereocenters. The fraction of sp³-hybridized carbons (Fsp3) is 0.727. The molecule has 0 amide bonds. The normalized spacial score (nSPS) is 31.8. The number of rotatable bonds is 3. The maximum Gasteiger partial charge on any atom is 0.107 e. The van der Waals surface area contributed by atoms with Gasteiger partial charge in [-0.15, -0.1) is 6.42 Å². The second-order valence-corrected chi connectivity index (χ2v) is 3.69. The molecule has 1 aliphatic rings. The van der Waals surface area contributed by atoms with Crippen molar-refractivity contribution in [1.29, 1.82) is 5.26 Å². The summed E-state index contributed by atoms with van der Waals surface area (Å²) in [5.41, 5.74) is -0.415. The van der Waals surface area contributed by atoms with Crippen LogP contribution in [0.25, 0.3) is 0 Å². The third kappa shape index (κ3) is 2.48. The van der Waals surface area contributed by atoms with Crippen LogP contribution in [-0.4, -0.2) is 25.3 Å². The molecule has 14 heavy (non-hydrogen) atoms. The van der Waals surface area contributed by atoms with Gasteiger partial charge in [0.05, 0.1) is 18.7 Å². The summed E-state index contributed by atoms with van der Waals surface area (Å²) in [5.74, 6) is 2.51. The molecule has 1 aliphatic carbocycles. The molecule has 0 aromatic heterocycles. The van der Waals surface area contributed by atoms with E-state index in [1.165, 1.54) is 0 Å². The standard InChI is InChI=1S/C11H16N2O/c1-3-8-13-11(9-12)6-4-10(14-2)5-7-11/h1,10,13H,4-8H2,2H3. The molecule has 0 bridgehead atoms. The van der Waals surface area contributed by atoms with E-state index in [9.17, 15) is 0 Å². The molecular weight excluding hydrogens is 176 g/mol. The Morgan fingerprint density at radius 3 is 2.64 bits per heavy atom. The Labute approximate surface area is 85.4 Å². The molecule has 76 valence electrons. The molecule has 0 saturated heterocycles. The molecule has 0 spiro atoms. The Hall–Kier alpha value is -1.03. The zero-order valence-corrected chi connectivity index (χ0v) is 8.55. The van der Waals surface area contributed by atoms with Gasteiger partial charge >= 0.3 is 0 Å². The summed E-state index contributed by atoms with van der Waals surface area (Å²) in [4.78, 5) is 0. The Morgan fingerprint density at radius 2 is 2.21 bits per heavy atom. The van der Waals surface area contributed by atoms with Crippen LogP contribution < -0.4 is 5.32 Å². The van der Waals surface area contributed by atoms with E-state index in [4.69, 9.17) is 16.4 Å². The minimum Gasteiger partial charge on any atom is -0.381 e. The number of terminal acetylenes is 1. The topological polar surface area (TPSA) is 45.0 Å². The lowest BCUT2D eigenvalue weighted by Crippen LogP contribution is -2.47. The first-order valence-electron chi connectivity index (χ1n) is 4.89. The maximum absolute atomic E-state index is 9.11. The summed E-state index contributed by atoms with van der Waals surface area (Å²) in [7, 11) is 1.72. The molecule has 1 fully saturated rings. The van der Waals surface area contributed by atoms with Gasteiger partial charge in [0.1, 0.15) is 5.54 Å². The molecule has 0 atom stereocenters. The fourth-order valence-corrected chi connectivity index (χ4v) is 1.87. The average Bonchev–Trinajstić information content (AvgIpc) is 2.27. The van der Waals surface area contributed by atoms with Gasteiger partial charge in [0.15, 0.2) is 0 Å². The number of hydrogen-bond acceptors (Lipinski definition) is 3. The second kappa shape index (κ2) is 5.00. The van der Waals surface area contributed by atoms with Crippen molar-refractivity contribution in [2.24, 2.45) is 0 Å². The average molecular weight is 192 g/mol. The molecule has 0 radical (unpaired) electrons. The highest BCUT2D eigenvalue weighted by Crippen LogP contribution is 2.28. The van der Waals surface area contributed by atoms with Gasteiger partial charge in [-0.1, -0.05) is 5.92 Å². The van der Waals surface area contributed by atoms with Gasteiger partial charge in [-0.2, -0.15) is 5.26 Å². The lowest BCUT2D eigenvalue weighted by Gasteiger charge is -2.34. The van der Waals surface area contributed by atoms with Gasteiger partial charge in [-0.3, -0.25) is 5.32 Å². The van der Waals surface area contributed by atoms with Crippen LogP contribution in [0.15, 0.2) is 0 Å². The molecule has 0 aromatic carbocycles. The van der Waals surface area contributed by atoms with Crippen molar-refractivity contribution in [2.75, 3.05) is 13.7 Å². The SMILES string of the molecule is C#CCNC1(C#N)CCC(OC)CC1. The van der Waals surface area contributed by atoms with Gasteiger partial charge < -0.3 is 4.74 Å². The van der Waals surface area contributed by atoms with Crippen molar-refractivity contribution in [2.45, 2.75) is 37.3 Å². The van der Waals surface area contributed by atoms with E-state index in [1.54, 1.807) is 7.11 Å². The van der Waals surface area contributed by atoms with Crippen LogP contribution in [-0.2, 0) is 4.74 Å². The maximum atomic E-state index is 9.11. The van der Waals surface area contributed by atoms with Crippen LogP contribution in [0.2, 0.25) is 0 Å². The summed E-state index contributed by atoms with van der Waals surface area (Å²) < 4.78 is 5.26. The molecule has 0 aliphatic heterocycles. The summed E-state index contributed by atoms with van der Waals surface area (Å²) in [6, 6.07) is 2.33. The van der Waals surface area contributed by atoms with E-state index in [-0.39, 0.29) is 0 Å². The van der Waals surface area contributed by atoms with Crippen LogP contribution in [0.3, 0.4) is 0 Å². The number of methoxy groups -OCH3 is 1. The van der Waals surface area contributed by atoms with Crippen molar-refractivity contribution in [1.82, 2.24) is 5.32 Å². The van der Waals surface area contributed by atoms with Gasteiger partial charge in [0, 0.05) is 7.11 Å². The lowest BCUT2D eigenvalue weighted by atomic mass is 9.81. The molecule has 1 saturated carbocycles. The van der Waals surface area contributed by atoms with E-state index < -0.39 is 5.54 Å². The number of nitriles is 1. The van der Waals surface area contributed by atoms with Crippen LogP contribution >= 0.6 is 0 Å². The number of ether oxygens (including phenoxy) is 1. The van der Waals surface area contributed by atoms with E-state index in [0.717, 1.165) is 25.7 Å². The molecule has 1 N–H and O–H groups in total. The third-order valence-corrected chi connectivity index (χ3v) is 2.86. The molecular formula is C11H16N2O. The van der Waals surface area contributed by atoms with Gasteiger partial charge in [-0.05, 0) is 25.7 Å². The van der Waals surface area contributed by atoms with Crippen LogP contribution in [0, 0.1) is 23.7 Å². The first kappa shape index (κ1) is 11.0. The van der Waals surface area contributed by atoms with Crippen molar-refractivity contribution in [3.63, 3.8) is 0 Å². The Morgan fingerprint density at radius 1 is 1.57 bits per heavy atom. The van der Waals surface area contributed by atoms with Crippen molar-refractivity contribution in [3.8, 4) is 18.4 Å². The number of nitrogens with zero attached hydrogens (tertiary/aromatic N) is 1. The van der Waals surface area contributed by atoms with Crippen molar-refractivity contribution < 1.29 is 4.74 Å². The number of nitrogens with one attached hydrogen (secondary N) is 1. The highest BCUT2D eigenvalue weighted by atomic mass is 16.5.